The number of methoxy groups -OCH3 is 1. The van der Waals surface area contributed by atoms with Gasteiger partial charge in [0.25, 0.3) is 0 Å². The van der Waals surface area contributed by atoms with Gasteiger partial charge < -0.3 is 30.1 Å². The molecule has 3 rings (SSSR count). The summed E-state index contributed by atoms with van der Waals surface area (Å²) in [7, 11) is 3.38. The van der Waals surface area contributed by atoms with Crippen LogP contribution in [0, 0.1) is 5.41 Å². The third kappa shape index (κ3) is 5.59. The summed E-state index contributed by atoms with van der Waals surface area (Å²) < 4.78 is 5.24. The van der Waals surface area contributed by atoms with Crippen molar-refractivity contribution in [3.8, 4) is 5.75 Å². The van der Waals surface area contributed by atoms with Gasteiger partial charge in [0, 0.05) is 64.2 Å². The van der Waals surface area contributed by atoms with Crippen LogP contribution in [0.4, 0.5) is 9.59 Å². The maximum absolute atomic E-state index is 13.0. The number of ether oxygens (including phenoxy) is 1. The Bertz CT molecular complexity index is 830. The highest BCUT2D eigenvalue weighted by Crippen LogP contribution is 2.34. The first-order chi connectivity index (χ1) is 14.7. The van der Waals surface area contributed by atoms with E-state index in [2.05, 4.69) is 10.6 Å². The van der Waals surface area contributed by atoms with E-state index in [1.54, 1.807) is 28.9 Å². The summed E-state index contributed by atoms with van der Waals surface area (Å²) in [5, 5.41) is 5.89. The van der Waals surface area contributed by atoms with Gasteiger partial charge in [-0.2, -0.15) is 0 Å². The largest absolute Gasteiger partial charge is 0.497 e. The molecule has 170 valence electrons. The van der Waals surface area contributed by atoms with Gasteiger partial charge in [-0.15, -0.1) is 0 Å². The molecule has 5 amide bonds. The Balaban J connectivity index is 1.72. The number of carbonyl (C=O) groups is 3. The van der Waals surface area contributed by atoms with Gasteiger partial charge >= 0.3 is 12.1 Å². The average Bonchev–Trinajstić information content (AvgIpc) is 2.88. The molecule has 2 N–H and O–H groups in total. The molecule has 1 spiro atoms. The summed E-state index contributed by atoms with van der Waals surface area (Å²) in [6.07, 6.45) is 0.328. The number of hydrogen-bond acceptors (Lipinski definition) is 4. The Hall–Kier alpha value is -2.97. The van der Waals surface area contributed by atoms with E-state index in [9.17, 15) is 14.4 Å². The van der Waals surface area contributed by atoms with Crippen LogP contribution in [0.15, 0.2) is 24.3 Å². The molecule has 0 radical (unpaired) electrons. The van der Waals surface area contributed by atoms with Crippen molar-refractivity contribution < 1.29 is 19.1 Å². The minimum atomic E-state index is -0.468. The number of amides is 5. The fraction of sp³-hybridized carbons (Fsp3) is 0.591. The van der Waals surface area contributed by atoms with Gasteiger partial charge in [-0.3, -0.25) is 4.79 Å². The lowest BCUT2D eigenvalue weighted by Crippen LogP contribution is -2.49. The minimum absolute atomic E-state index is 0.0156. The van der Waals surface area contributed by atoms with E-state index in [4.69, 9.17) is 4.74 Å². The highest BCUT2D eigenvalue weighted by Gasteiger charge is 2.47. The molecule has 1 aromatic carbocycles. The molecule has 0 aliphatic carbocycles. The fourth-order valence-corrected chi connectivity index (χ4v) is 4.33. The summed E-state index contributed by atoms with van der Waals surface area (Å²) in [6.45, 7) is 6.43. The zero-order chi connectivity index (χ0) is 22.6. The zero-order valence-electron chi connectivity index (χ0n) is 18.8. The molecule has 0 unspecified atom stereocenters. The van der Waals surface area contributed by atoms with Crippen LogP contribution < -0.4 is 15.4 Å². The van der Waals surface area contributed by atoms with Crippen LogP contribution >= 0.6 is 0 Å². The molecule has 2 fully saturated rings. The Morgan fingerprint density at radius 2 is 1.81 bits per heavy atom. The maximum Gasteiger partial charge on any atom is 0.317 e. The van der Waals surface area contributed by atoms with Crippen LogP contribution in [-0.4, -0.2) is 85.6 Å². The predicted octanol–water partition coefficient (Wildman–Crippen LogP) is 1.49. The first kappa shape index (κ1) is 22.7. The number of nitrogens with zero attached hydrogens (tertiary/aromatic N) is 3. The quantitative estimate of drug-likeness (QED) is 0.755. The summed E-state index contributed by atoms with van der Waals surface area (Å²) in [4.78, 5) is 43.2. The number of hydrogen-bond donors (Lipinski definition) is 2. The van der Waals surface area contributed by atoms with Gasteiger partial charge in [-0.05, 0) is 31.5 Å². The molecular formula is C22H33N5O4. The molecule has 0 aromatic heterocycles. The first-order valence-corrected chi connectivity index (χ1v) is 10.7. The summed E-state index contributed by atoms with van der Waals surface area (Å²) in [5.74, 6) is 0.780. The lowest BCUT2D eigenvalue weighted by molar-refractivity contribution is -0.126. The van der Waals surface area contributed by atoms with Crippen LogP contribution in [0.2, 0.25) is 0 Å². The Morgan fingerprint density at radius 1 is 1.13 bits per heavy atom. The summed E-state index contributed by atoms with van der Waals surface area (Å²) in [5.41, 5.74) is 0.468. The average molecular weight is 432 g/mol. The molecule has 1 atom stereocenters. The number of rotatable bonds is 4. The number of urea groups is 2. The van der Waals surface area contributed by atoms with Crippen LogP contribution in [0.25, 0.3) is 0 Å². The number of likely N-dealkylation sites (tertiary alicyclic amines) is 1. The Morgan fingerprint density at radius 3 is 2.39 bits per heavy atom. The molecule has 1 aromatic rings. The van der Waals surface area contributed by atoms with Crippen LogP contribution in [0.5, 0.6) is 5.75 Å². The van der Waals surface area contributed by atoms with Gasteiger partial charge in [-0.25, -0.2) is 9.59 Å². The van der Waals surface area contributed by atoms with Crippen molar-refractivity contribution in [2.75, 3.05) is 46.9 Å². The lowest BCUT2D eigenvalue weighted by atomic mass is 9.86. The van der Waals surface area contributed by atoms with Gasteiger partial charge in [0.15, 0.2) is 0 Å². The van der Waals surface area contributed by atoms with Crippen molar-refractivity contribution >= 4 is 18.0 Å². The van der Waals surface area contributed by atoms with E-state index >= 15 is 0 Å². The van der Waals surface area contributed by atoms with E-state index in [0.717, 1.165) is 11.3 Å². The second kappa shape index (κ2) is 9.45. The van der Waals surface area contributed by atoms with Gasteiger partial charge in [0.05, 0.1) is 7.11 Å². The Labute approximate surface area is 183 Å². The van der Waals surface area contributed by atoms with Gasteiger partial charge in [0.2, 0.25) is 5.91 Å². The topological polar surface area (TPSA) is 94.2 Å². The van der Waals surface area contributed by atoms with Crippen molar-refractivity contribution in [3.05, 3.63) is 29.8 Å². The summed E-state index contributed by atoms with van der Waals surface area (Å²) in [6, 6.07) is 7.20. The fourth-order valence-electron chi connectivity index (χ4n) is 4.33. The third-order valence-corrected chi connectivity index (χ3v) is 5.78. The highest BCUT2D eigenvalue weighted by atomic mass is 16.5. The van der Waals surface area contributed by atoms with Crippen LogP contribution in [0.1, 0.15) is 25.8 Å². The SMILES string of the molecule is COc1cccc(CNC(=O)N2CCN(C(=O)NC(C)C)C[C@@]3(CC(=O)N(C)C3)C2)c1. The molecule has 2 saturated heterocycles. The molecule has 9 heteroatoms. The van der Waals surface area contributed by atoms with Crippen molar-refractivity contribution in [3.63, 3.8) is 0 Å². The minimum Gasteiger partial charge on any atom is -0.497 e. The van der Waals surface area contributed by atoms with Crippen LogP contribution in [-0.2, 0) is 11.3 Å². The summed E-state index contributed by atoms with van der Waals surface area (Å²) >= 11 is 0. The smallest absolute Gasteiger partial charge is 0.317 e. The van der Waals surface area contributed by atoms with Crippen LogP contribution in [0.3, 0.4) is 0 Å². The van der Waals surface area contributed by atoms with E-state index in [1.165, 1.54) is 0 Å². The number of nitrogens with one attached hydrogen (secondary N) is 2. The molecule has 9 nitrogen and oxygen atoms in total. The first-order valence-electron chi connectivity index (χ1n) is 10.7. The van der Waals surface area contributed by atoms with Gasteiger partial charge in [-0.1, -0.05) is 12.1 Å². The second-order valence-electron chi connectivity index (χ2n) is 8.88. The van der Waals surface area contributed by atoms with Crippen molar-refractivity contribution in [2.45, 2.75) is 32.9 Å². The predicted molar refractivity (Wildman–Crippen MR) is 117 cm³/mol. The lowest BCUT2D eigenvalue weighted by Gasteiger charge is -2.33. The van der Waals surface area contributed by atoms with Gasteiger partial charge in [0.1, 0.15) is 5.75 Å². The molecule has 0 saturated carbocycles. The Kier molecular flexibility index (Phi) is 6.92. The molecule has 2 aliphatic rings. The normalized spacial score (nSPS) is 21.5. The monoisotopic (exact) mass is 431 g/mol. The molecule has 31 heavy (non-hydrogen) atoms. The molecular weight excluding hydrogens is 398 g/mol. The standard InChI is InChI=1S/C22H33N5O4/c1-16(2)24-21(30)27-9-8-26(14-22(15-27)11-19(28)25(3)13-22)20(29)23-12-17-6-5-7-18(10-17)31-4/h5-7,10,16H,8-9,11-15H2,1-4H3,(H,23,29)(H,24,30)/t22-/m1/s1. The molecule has 0 bridgehead atoms. The van der Waals surface area contributed by atoms with Crippen molar-refractivity contribution in [2.24, 2.45) is 5.41 Å². The molecule has 2 aliphatic heterocycles. The number of carbonyl (C=O) groups excluding carboxylic acids is 3. The van der Waals surface area contributed by atoms with E-state index in [-0.39, 0.29) is 24.0 Å². The zero-order valence-corrected chi connectivity index (χ0v) is 18.8. The third-order valence-electron chi connectivity index (χ3n) is 5.78. The molecule has 2 heterocycles. The number of benzene rings is 1. The van der Waals surface area contributed by atoms with Crippen molar-refractivity contribution in [1.82, 2.24) is 25.3 Å². The maximum atomic E-state index is 13.0. The highest BCUT2D eigenvalue weighted by molar-refractivity contribution is 5.81. The van der Waals surface area contributed by atoms with E-state index < -0.39 is 5.41 Å². The second-order valence-corrected chi connectivity index (χ2v) is 8.88. The van der Waals surface area contributed by atoms with E-state index in [1.807, 2.05) is 38.1 Å². The van der Waals surface area contributed by atoms with Crippen molar-refractivity contribution in [1.29, 1.82) is 0 Å². The van der Waals surface area contributed by atoms with E-state index in [0.29, 0.717) is 45.7 Å².